The number of nitrogens with zero attached hydrogens (tertiary/aromatic N) is 3. The summed E-state index contributed by atoms with van der Waals surface area (Å²) in [4.78, 5) is 5.48. The summed E-state index contributed by atoms with van der Waals surface area (Å²) in [5.41, 5.74) is 20.2. The lowest BCUT2D eigenvalue weighted by Gasteiger charge is -2.14. The predicted molar refractivity (Wildman–Crippen MR) is 286 cm³/mol. The fraction of sp³-hybridized carbons (Fsp3) is 0. The van der Waals surface area contributed by atoms with Gasteiger partial charge in [0.05, 0.1) is 33.5 Å². The minimum atomic E-state index is 0.920. The number of para-hydroxylation sites is 4. The highest BCUT2D eigenvalue weighted by Crippen LogP contribution is 2.38. The van der Waals surface area contributed by atoms with Gasteiger partial charge in [0.25, 0.3) is 0 Å². The quantitative estimate of drug-likeness (QED) is 0.149. The molecule has 318 valence electrons. The SMILES string of the molecule is c1ccc(-c2ccc(-c3cc(-c4cccc(-c5cccc(-n6c7ccccc7c7ccccc76)c5)c4)nc(-c4cccc(-c5cccc(-n6c7ccccc7c7ccccc76)c5)c4)c3)cc2)cc1. The first-order chi connectivity index (χ1) is 33.7. The van der Waals surface area contributed by atoms with Gasteiger partial charge in [0.2, 0.25) is 0 Å². The van der Waals surface area contributed by atoms with Crippen LogP contribution in [-0.2, 0) is 0 Å². The molecule has 13 rings (SSSR count). The maximum atomic E-state index is 5.48. The first-order valence-corrected chi connectivity index (χ1v) is 23.3. The molecule has 0 aliphatic carbocycles. The molecule has 0 N–H and O–H groups in total. The van der Waals surface area contributed by atoms with Crippen molar-refractivity contribution in [2.75, 3.05) is 0 Å². The van der Waals surface area contributed by atoms with Crippen molar-refractivity contribution in [1.82, 2.24) is 14.1 Å². The van der Waals surface area contributed by atoms with Gasteiger partial charge in [-0.2, -0.15) is 0 Å². The normalized spacial score (nSPS) is 11.5. The lowest BCUT2D eigenvalue weighted by molar-refractivity contribution is 1.18. The van der Waals surface area contributed by atoms with Crippen LogP contribution in [0.4, 0.5) is 0 Å². The minimum absolute atomic E-state index is 0.920. The van der Waals surface area contributed by atoms with Crippen LogP contribution in [0.1, 0.15) is 0 Å². The lowest BCUT2D eigenvalue weighted by Crippen LogP contribution is -1.95. The van der Waals surface area contributed by atoms with E-state index in [2.05, 4.69) is 270 Å². The van der Waals surface area contributed by atoms with E-state index < -0.39 is 0 Å². The monoisotopic (exact) mass is 865 g/mol. The zero-order chi connectivity index (χ0) is 45.0. The molecule has 0 aliphatic heterocycles. The van der Waals surface area contributed by atoms with Crippen LogP contribution in [0, 0.1) is 0 Å². The standard InChI is InChI=1S/C65H43N3/c1-2-16-44(17-3-1)45-34-36-46(37-35-45)53-42-60(51-22-12-18-47(38-51)49-20-14-24-54(40-49)67-62-30-8-4-26-56(62)57-27-5-9-31-63(57)67)66-61(43-53)52-23-13-19-48(39-52)50-21-15-25-55(41-50)68-64-32-10-6-28-58(64)59-29-7-11-33-65(59)68/h1-43H. The molecule has 68 heavy (non-hydrogen) atoms. The maximum Gasteiger partial charge on any atom is 0.0715 e. The van der Waals surface area contributed by atoms with Crippen molar-refractivity contribution in [1.29, 1.82) is 0 Å². The average molecular weight is 866 g/mol. The van der Waals surface area contributed by atoms with Gasteiger partial charge in [-0.1, -0.05) is 188 Å². The van der Waals surface area contributed by atoms with Crippen LogP contribution in [-0.4, -0.2) is 14.1 Å². The highest BCUT2D eigenvalue weighted by atomic mass is 15.0. The molecule has 0 atom stereocenters. The Kier molecular flexibility index (Phi) is 9.50. The van der Waals surface area contributed by atoms with Gasteiger partial charge in [0.1, 0.15) is 0 Å². The van der Waals surface area contributed by atoms with E-state index in [1.807, 2.05) is 0 Å². The van der Waals surface area contributed by atoms with E-state index >= 15 is 0 Å². The summed E-state index contributed by atoms with van der Waals surface area (Å²) in [5.74, 6) is 0. The summed E-state index contributed by atoms with van der Waals surface area (Å²) in [6, 6.07) is 94.2. The minimum Gasteiger partial charge on any atom is -0.309 e. The molecule has 0 spiro atoms. The third-order valence-electron chi connectivity index (χ3n) is 13.5. The van der Waals surface area contributed by atoms with Crippen LogP contribution >= 0.6 is 0 Å². The van der Waals surface area contributed by atoms with Gasteiger partial charge < -0.3 is 9.13 Å². The van der Waals surface area contributed by atoms with Crippen molar-refractivity contribution < 1.29 is 0 Å². The van der Waals surface area contributed by atoms with Crippen molar-refractivity contribution in [2.24, 2.45) is 0 Å². The number of fused-ring (bicyclic) bond motifs is 6. The molecule has 3 nitrogen and oxygen atoms in total. The largest absolute Gasteiger partial charge is 0.309 e. The number of aromatic nitrogens is 3. The highest BCUT2D eigenvalue weighted by Gasteiger charge is 2.16. The zero-order valence-electron chi connectivity index (χ0n) is 37.2. The molecule has 0 unspecified atom stereocenters. The summed E-state index contributed by atoms with van der Waals surface area (Å²) in [5, 5.41) is 5.02. The van der Waals surface area contributed by atoms with Crippen LogP contribution in [0.5, 0.6) is 0 Å². The maximum absolute atomic E-state index is 5.48. The molecule has 13 aromatic rings. The third-order valence-corrected chi connectivity index (χ3v) is 13.5. The van der Waals surface area contributed by atoms with E-state index in [-0.39, 0.29) is 0 Å². The van der Waals surface area contributed by atoms with Gasteiger partial charge in [0.15, 0.2) is 0 Å². The molecule has 3 aromatic heterocycles. The molecule has 0 aliphatic rings. The van der Waals surface area contributed by atoms with Gasteiger partial charge in [-0.05, 0) is 117 Å². The summed E-state index contributed by atoms with van der Waals surface area (Å²) in [6.07, 6.45) is 0. The summed E-state index contributed by atoms with van der Waals surface area (Å²) < 4.78 is 4.76. The third kappa shape index (κ3) is 6.88. The molecule has 3 heteroatoms. The van der Waals surface area contributed by atoms with Crippen LogP contribution in [0.2, 0.25) is 0 Å². The average Bonchev–Trinajstić information content (AvgIpc) is 3.94. The lowest BCUT2D eigenvalue weighted by atomic mass is 9.95. The van der Waals surface area contributed by atoms with Gasteiger partial charge >= 0.3 is 0 Å². The smallest absolute Gasteiger partial charge is 0.0715 e. The van der Waals surface area contributed by atoms with Crippen LogP contribution < -0.4 is 0 Å². The molecule has 0 amide bonds. The summed E-state index contributed by atoms with van der Waals surface area (Å²) >= 11 is 0. The second-order valence-electron chi connectivity index (χ2n) is 17.6. The van der Waals surface area contributed by atoms with Crippen molar-refractivity contribution >= 4 is 43.6 Å². The molecular formula is C65H43N3. The van der Waals surface area contributed by atoms with Crippen molar-refractivity contribution in [3.05, 3.63) is 261 Å². The first-order valence-electron chi connectivity index (χ1n) is 23.3. The van der Waals surface area contributed by atoms with Crippen LogP contribution in [0.3, 0.4) is 0 Å². The van der Waals surface area contributed by atoms with E-state index in [0.29, 0.717) is 0 Å². The van der Waals surface area contributed by atoms with Gasteiger partial charge in [-0.15, -0.1) is 0 Å². The predicted octanol–water partition coefficient (Wildman–Crippen LogP) is 17.3. The zero-order valence-corrected chi connectivity index (χ0v) is 37.2. The Hall–Kier alpha value is -9.05. The molecule has 0 saturated carbocycles. The van der Waals surface area contributed by atoms with Crippen LogP contribution in [0.25, 0.3) is 122 Å². The van der Waals surface area contributed by atoms with Gasteiger partial charge in [-0.25, -0.2) is 4.98 Å². The van der Waals surface area contributed by atoms with E-state index in [1.54, 1.807) is 0 Å². The second kappa shape index (κ2) is 16.4. The van der Waals surface area contributed by atoms with E-state index in [4.69, 9.17) is 4.98 Å². The van der Waals surface area contributed by atoms with Gasteiger partial charge in [0, 0.05) is 44.0 Å². The number of benzene rings is 10. The highest BCUT2D eigenvalue weighted by molar-refractivity contribution is 6.10. The molecule has 0 saturated heterocycles. The van der Waals surface area contributed by atoms with E-state index in [1.165, 1.54) is 54.7 Å². The Morgan fingerprint density at radius 3 is 0.941 bits per heavy atom. The fourth-order valence-electron chi connectivity index (χ4n) is 10.2. The molecule has 10 aromatic carbocycles. The van der Waals surface area contributed by atoms with Crippen molar-refractivity contribution in [3.8, 4) is 78.4 Å². The molecule has 3 heterocycles. The molecular weight excluding hydrogens is 823 g/mol. The molecule has 0 bridgehead atoms. The summed E-state index contributed by atoms with van der Waals surface area (Å²) in [7, 11) is 0. The number of hydrogen-bond acceptors (Lipinski definition) is 1. The number of pyridine rings is 1. The van der Waals surface area contributed by atoms with Crippen molar-refractivity contribution in [3.63, 3.8) is 0 Å². The Bertz CT molecular complexity index is 3700. The Balaban J connectivity index is 0.912. The molecule has 0 fully saturated rings. The number of rotatable bonds is 8. The topological polar surface area (TPSA) is 22.8 Å². The van der Waals surface area contributed by atoms with E-state index in [0.717, 1.165) is 67.3 Å². The first kappa shape index (κ1) is 39.3. The van der Waals surface area contributed by atoms with Crippen molar-refractivity contribution in [2.45, 2.75) is 0 Å². The Labute approximate surface area is 395 Å². The second-order valence-corrected chi connectivity index (χ2v) is 17.6. The summed E-state index contributed by atoms with van der Waals surface area (Å²) in [6.45, 7) is 0. The Morgan fingerprint density at radius 2 is 0.515 bits per heavy atom. The Morgan fingerprint density at radius 1 is 0.206 bits per heavy atom. The van der Waals surface area contributed by atoms with Gasteiger partial charge in [-0.3, -0.25) is 0 Å². The molecule has 0 radical (unpaired) electrons. The van der Waals surface area contributed by atoms with E-state index in [9.17, 15) is 0 Å². The van der Waals surface area contributed by atoms with Crippen LogP contribution in [0.15, 0.2) is 261 Å². The number of hydrogen-bond donors (Lipinski definition) is 0. The fourth-order valence-corrected chi connectivity index (χ4v) is 10.2.